The van der Waals surface area contributed by atoms with Gasteiger partial charge in [-0.2, -0.15) is 5.10 Å². The summed E-state index contributed by atoms with van der Waals surface area (Å²) in [6.45, 7) is 1.48. The van der Waals surface area contributed by atoms with Crippen LogP contribution in [0.1, 0.15) is 34.8 Å². The number of carbonyl (C=O) groups excluding carboxylic acids is 1. The summed E-state index contributed by atoms with van der Waals surface area (Å²) in [4.78, 5) is 13.6. The Morgan fingerprint density at radius 1 is 1.69 bits per heavy atom. The van der Waals surface area contributed by atoms with Crippen molar-refractivity contribution in [3.63, 3.8) is 0 Å². The Morgan fingerprint density at radius 3 is 3.06 bits per heavy atom. The largest absolute Gasteiger partial charge is 0.345 e. The van der Waals surface area contributed by atoms with Gasteiger partial charge in [0, 0.05) is 33.1 Å². The van der Waals surface area contributed by atoms with E-state index in [-0.39, 0.29) is 11.8 Å². The molecular weight excluding hydrogens is 204 g/mol. The Balaban J connectivity index is 2.41. The van der Waals surface area contributed by atoms with E-state index in [1.165, 1.54) is 0 Å². The third-order valence-corrected chi connectivity index (χ3v) is 3.11. The summed E-state index contributed by atoms with van der Waals surface area (Å²) in [6, 6.07) is 0. The zero-order chi connectivity index (χ0) is 11.7. The molecule has 1 unspecified atom stereocenters. The highest BCUT2D eigenvalue weighted by Gasteiger charge is 2.27. The molecule has 2 N–H and O–H groups in total. The fraction of sp³-hybridized carbons (Fsp3) is 0.636. The standard InChI is InChI=1S/C11H18N4O/c1-14(2)11(16)9-7-13-15-5-3-4-8(6-12)10(9)15/h7-8H,3-6,12H2,1-2H3. The Hall–Kier alpha value is -1.36. The van der Waals surface area contributed by atoms with E-state index in [2.05, 4.69) is 5.10 Å². The summed E-state index contributed by atoms with van der Waals surface area (Å²) in [6.07, 6.45) is 3.81. The van der Waals surface area contributed by atoms with E-state index in [9.17, 15) is 4.79 Å². The fourth-order valence-electron chi connectivity index (χ4n) is 2.26. The van der Waals surface area contributed by atoms with Crippen LogP contribution in [0.2, 0.25) is 0 Å². The van der Waals surface area contributed by atoms with E-state index in [0.29, 0.717) is 12.1 Å². The van der Waals surface area contributed by atoms with Gasteiger partial charge in [-0.1, -0.05) is 0 Å². The number of amides is 1. The molecule has 0 fully saturated rings. The maximum absolute atomic E-state index is 12.0. The van der Waals surface area contributed by atoms with Crippen LogP contribution >= 0.6 is 0 Å². The maximum Gasteiger partial charge on any atom is 0.256 e. The number of aryl methyl sites for hydroxylation is 1. The van der Waals surface area contributed by atoms with Gasteiger partial charge in [-0.15, -0.1) is 0 Å². The zero-order valence-electron chi connectivity index (χ0n) is 9.81. The van der Waals surface area contributed by atoms with E-state index in [4.69, 9.17) is 5.73 Å². The first-order valence-electron chi connectivity index (χ1n) is 5.62. The number of nitrogens with two attached hydrogens (primary N) is 1. The average Bonchev–Trinajstić information content (AvgIpc) is 2.71. The topological polar surface area (TPSA) is 64.2 Å². The molecule has 1 atom stereocenters. The predicted molar refractivity (Wildman–Crippen MR) is 61.3 cm³/mol. The van der Waals surface area contributed by atoms with Gasteiger partial charge in [-0.25, -0.2) is 0 Å². The number of hydrogen-bond acceptors (Lipinski definition) is 3. The lowest BCUT2D eigenvalue weighted by molar-refractivity contribution is 0.0825. The van der Waals surface area contributed by atoms with Gasteiger partial charge >= 0.3 is 0 Å². The van der Waals surface area contributed by atoms with Gasteiger partial charge in [0.15, 0.2) is 0 Å². The van der Waals surface area contributed by atoms with Gasteiger partial charge in [0.25, 0.3) is 5.91 Å². The van der Waals surface area contributed by atoms with E-state index in [1.54, 1.807) is 25.2 Å². The second-order valence-electron chi connectivity index (χ2n) is 4.44. The van der Waals surface area contributed by atoms with Crippen molar-refractivity contribution in [2.45, 2.75) is 25.3 Å². The van der Waals surface area contributed by atoms with Gasteiger partial charge < -0.3 is 10.6 Å². The minimum atomic E-state index is 0.0154. The Bertz CT molecular complexity index is 397. The second-order valence-corrected chi connectivity index (χ2v) is 4.44. The summed E-state index contributed by atoms with van der Waals surface area (Å²) in [5, 5.41) is 4.27. The molecule has 1 aliphatic heterocycles. The van der Waals surface area contributed by atoms with Crippen LogP contribution in [0.5, 0.6) is 0 Å². The second kappa shape index (κ2) is 4.25. The van der Waals surface area contributed by atoms with Crippen LogP contribution in [0.15, 0.2) is 6.20 Å². The van der Waals surface area contributed by atoms with E-state index < -0.39 is 0 Å². The minimum absolute atomic E-state index is 0.0154. The molecular formula is C11H18N4O. The van der Waals surface area contributed by atoms with Crippen LogP contribution in [0.25, 0.3) is 0 Å². The molecule has 0 spiro atoms. The highest BCUT2D eigenvalue weighted by atomic mass is 16.2. The molecule has 1 aromatic rings. The highest BCUT2D eigenvalue weighted by molar-refractivity contribution is 5.95. The summed E-state index contributed by atoms with van der Waals surface area (Å²) >= 11 is 0. The molecule has 5 heteroatoms. The van der Waals surface area contributed by atoms with E-state index in [0.717, 1.165) is 25.1 Å². The summed E-state index contributed by atoms with van der Waals surface area (Å²) < 4.78 is 1.93. The molecule has 0 aliphatic carbocycles. The molecule has 1 aliphatic rings. The average molecular weight is 222 g/mol. The lowest BCUT2D eigenvalue weighted by Gasteiger charge is -2.24. The van der Waals surface area contributed by atoms with Crippen molar-refractivity contribution >= 4 is 5.91 Å². The minimum Gasteiger partial charge on any atom is -0.345 e. The van der Waals surface area contributed by atoms with Crippen molar-refractivity contribution in [1.29, 1.82) is 0 Å². The first-order valence-corrected chi connectivity index (χ1v) is 5.62. The van der Waals surface area contributed by atoms with Crippen LogP contribution in [0, 0.1) is 0 Å². The Labute approximate surface area is 95.2 Å². The number of rotatable bonds is 2. The predicted octanol–water partition coefficient (Wildman–Crippen LogP) is 0.421. The molecule has 0 aromatic carbocycles. The van der Waals surface area contributed by atoms with Gasteiger partial charge in [-0.3, -0.25) is 9.48 Å². The fourth-order valence-corrected chi connectivity index (χ4v) is 2.26. The van der Waals surface area contributed by atoms with Crippen molar-refractivity contribution in [3.05, 3.63) is 17.5 Å². The number of carbonyl (C=O) groups is 1. The van der Waals surface area contributed by atoms with Crippen molar-refractivity contribution in [3.8, 4) is 0 Å². The van der Waals surface area contributed by atoms with Gasteiger partial charge in [0.05, 0.1) is 17.5 Å². The molecule has 0 radical (unpaired) electrons. The quantitative estimate of drug-likeness (QED) is 0.788. The normalized spacial score (nSPS) is 19.3. The molecule has 1 amide bonds. The zero-order valence-corrected chi connectivity index (χ0v) is 9.81. The molecule has 1 aromatic heterocycles. The third-order valence-electron chi connectivity index (χ3n) is 3.11. The summed E-state index contributed by atoms with van der Waals surface area (Å²) in [5.74, 6) is 0.289. The van der Waals surface area contributed by atoms with Crippen LogP contribution < -0.4 is 5.73 Å². The number of fused-ring (bicyclic) bond motifs is 1. The Kier molecular flexibility index (Phi) is 2.96. The molecule has 0 saturated heterocycles. The van der Waals surface area contributed by atoms with E-state index >= 15 is 0 Å². The SMILES string of the molecule is CN(C)C(=O)c1cnn2c1C(CN)CCC2. The maximum atomic E-state index is 12.0. The monoisotopic (exact) mass is 222 g/mol. The van der Waals surface area contributed by atoms with Crippen LogP contribution in [0.3, 0.4) is 0 Å². The van der Waals surface area contributed by atoms with Crippen LogP contribution in [-0.4, -0.2) is 41.2 Å². The molecule has 0 bridgehead atoms. The first-order chi connectivity index (χ1) is 7.65. The number of aromatic nitrogens is 2. The molecule has 2 heterocycles. The van der Waals surface area contributed by atoms with E-state index in [1.807, 2.05) is 4.68 Å². The summed E-state index contributed by atoms with van der Waals surface area (Å²) in [5.41, 5.74) is 7.49. The van der Waals surface area contributed by atoms with Crippen LogP contribution in [-0.2, 0) is 6.54 Å². The third kappa shape index (κ3) is 1.71. The van der Waals surface area contributed by atoms with Crippen molar-refractivity contribution < 1.29 is 4.79 Å². The smallest absolute Gasteiger partial charge is 0.256 e. The highest BCUT2D eigenvalue weighted by Crippen LogP contribution is 2.29. The van der Waals surface area contributed by atoms with Crippen LogP contribution in [0.4, 0.5) is 0 Å². The van der Waals surface area contributed by atoms with Crippen molar-refractivity contribution in [2.24, 2.45) is 5.73 Å². The Morgan fingerprint density at radius 2 is 2.44 bits per heavy atom. The lowest BCUT2D eigenvalue weighted by atomic mass is 9.93. The molecule has 5 nitrogen and oxygen atoms in total. The molecule has 2 rings (SSSR count). The van der Waals surface area contributed by atoms with Gasteiger partial charge in [0.1, 0.15) is 0 Å². The number of nitrogens with zero attached hydrogens (tertiary/aromatic N) is 3. The van der Waals surface area contributed by atoms with Crippen molar-refractivity contribution in [1.82, 2.24) is 14.7 Å². The van der Waals surface area contributed by atoms with Crippen molar-refractivity contribution in [2.75, 3.05) is 20.6 Å². The van der Waals surface area contributed by atoms with Gasteiger partial charge in [-0.05, 0) is 12.8 Å². The number of hydrogen-bond donors (Lipinski definition) is 1. The molecule has 0 saturated carbocycles. The molecule has 88 valence electrons. The summed E-state index contributed by atoms with van der Waals surface area (Å²) in [7, 11) is 3.51. The van der Waals surface area contributed by atoms with Gasteiger partial charge in [0.2, 0.25) is 0 Å². The lowest BCUT2D eigenvalue weighted by Crippen LogP contribution is -2.27. The first kappa shape index (κ1) is 11.1. The molecule has 16 heavy (non-hydrogen) atoms.